The van der Waals surface area contributed by atoms with E-state index < -0.39 is 70.4 Å². The number of hydrogen-bond donors (Lipinski definition) is 1. The van der Waals surface area contributed by atoms with Gasteiger partial charge in [0.25, 0.3) is 5.91 Å². The van der Waals surface area contributed by atoms with Gasteiger partial charge in [0.05, 0.1) is 18.1 Å². The number of cyclic esters (lactones) is 1. The van der Waals surface area contributed by atoms with Crippen LogP contribution in [0.15, 0.2) is 123 Å². The minimum atomic E-state index is -1.94. The predicted octanol–water partition coefficient (Wildman–Crippen LogP) is 9.74. The van der Waals surface area contributed by atoms with E-state index in [-0.39, 0.29) is 41.8 Å². The number of anilines is 1. The first-order chi connectivity index (χ1) is 27.9. The number of hydrogen-bond acceptors (Lipinski definition) is 7. The first-order valence-corrected chi connectivity index (χ1v) is 37.1. The number of nitrogens with zero attached hydrogens (tertiary/aromatic N) is 2. The average molecular weight is 1530 g/mol. The van der Waals surface area contributed by atoms with Crippen LogP contribution in [0.1, 0.15) is 56.6 Å². The number of ether oxygens (including phenoxy) is 3. The molecule has 5 rings (SSSR count). The zero-order valence-electron chi connectivity index (χ0n) is 33.1. The van der Waals surface area contributed by atoms with Gasteiger partial charge in [0, 0.05) is 67.2 Å². The normalized spacial score (nSPS) is 30.9. The summed E-state index contributed by atoms with van der Waals surface area (Å²) < 4.78 is 60.0. The van der Waals surface area contributed by atoms with Crippen LogP contribution >= 0.6 is 110 Å². The molecule has 1 amide bonds. The van der Waals surface area contributed by atoms with E-state index in [0.29, 0.717) is 38.1 Å². The third-order valence-electron chi connectivity index (χ3n) is 9.63. The van der Waals surface area contributed by atoms with Crippen molar-refractivity contribution in [3.8, 4) is 0 Å². The van der Waals surface area contributed by atoms with Gasteiger partial charge in [-0.25, -0.2) is 22.8 Å². The average Bonchev–Trinajstić information content (AvgIpc) is 3.67. The molecule has 11 atom stereocenters. The molecule has 1 N–H and O–H groups in total. The van der Waals surface area contributed by atoms with Crippen molar-refractivity contribution in [3.63, 3.8) is 0 Å². The summed E-state index contributed by atoms with van der Waals surface area (Å²) in [4.78, 5) is 39.6. The number of aromatic nitrogens is 2. The molecule has 4 heterocycles. The molecule has 0 aliphatic carbocycles. The molecule has 3 aliphatic rings. The van der Waals surface area contributed by atoms with Crippen LogP contribution in [0.5, 0.6) is 0 Å². The zero-order valence-corrected chi connectivity index (χ0v) is 47.0. The molecule has 0 spiro atoms. The molecule has 1 aromatic carbocycles. The van der Waals surface area contributed by atoms with Gasteiger partial charge in [0.2, 0.25) is 5.67 Å². The molecule has 3 saturated heterocycles. The van der Waals surface area contributed by atoms with Crippen LogP contribution in [0.2, 0.25) is 0 Å². The summed E-state index contributed by atoms with van der Waals surface area (Å²) in [6.45, 7) is 25.6. The van der Waals surface area contributed by atoms with Crippen LogP contribution in [0.3, 0.4) is 0 Å². The minimum absolute atomic E-state index is 0. The van der Waals surface area contributed by atoms with Crippen molar-refractivity contribution < 1.29 is 50.2 Å². The summed E-state index contributed by atoms with van der Waals surface area (Å²) in [5.41, 5.74) is -6.49. The number of carbonyl (C=O) groups is 2. The van der Waals surface area contributed by atoms with Gasteiger partial charge in [-0.3, -0.25) is 9.36 Å². The van der Waals surface area contributed by atoms with Crippen molar-refractivity contribution >= 4 is 128 Å². The Hall–Kier alpha value is -0.140. The number of halogens is 10. The van der Waals surface area contributed by atoms with Crippen LogP contribution in [0.25, 0.3) is 0 Å². The van der Waals surface area contributed by atoms with Crippen LogP contribution in [-0.4, -0.2) is 62.3 Å². The van der Waals surface area contributed by atoms with Gasteiger partial charge in [-0.05, 0) is 51.8 Å². The van der Waals surface area contributed by atoms with Crippen molar-refractivity contribution in [2.24, 2.45) is 17.8 Å². The van der Waals surface area contributed by atoms with Gasteiger partial charge in [-0.2, -0.15) is 4.98 Å². The van der Waals surface area contributed by atoms with E-state index in [1.165, 1.54) is 45.2 Å². The summed E-state index contributed by atoms with van der Waals surface area (Å²) in [7, 11) is 0. The van der Waals surface area contributed by atoms with Crippen molar-refractivity contribution in [1.82, 2.24) is 9.55 Å². The Morgan fingerprint density at radius 3 is 1.77 bits per heavy atom. The van der Waals surface area contributed by atoms with Crippen molar-refractivity contribution in [1.29, 1.82) is 0 Å². The number of rotatable bonds is 12. The molecule has 9 nitrogen and oxygen atoms in total. The summed E-state index contributed by atoms with van der Waals surface area (Å²) >= 11 is 15.3. The van der Waals surface area contributed by atoms with Crippen LogP contribution < -0.4 is 24.3 Å². The Balaban J connectivity index is 0.000000910. The maximum atomic E-state index is 15.4. The van der Waals surface area contributed by atoms with E-state index in [1.807, 2.05) is 0 Å². The van der Waals surface area contributed by atoms with Crippen LogP contribution in [0, 0.1) is 17.8 Å². The van der Waals surface area contributed by atoms with Crippen molar-refractivity contribution in [2.75, 3.05) is 5.32 Å². The van der Waals surface area contributed by atoms with Gasteiger partial charge in [-0.15, -0.1) is 63.5 Å². The van der Waals surface area contributed by atoms with Crippen LogP contribution in [-0.2, 0) is 19.0 Å². The first kappa shape index (κ1) is 59.9. The molecule has 0 saturated carbocycles. The molecule has 1 unspecified atom stereocenters. The Labute approximate surface area is 426 Å². The molecule has 19 heteroatoms. The monoisotopic (exact) mass is 1530 g/mol. The van der Waals surface area contributed by atoms with E-state index in [4.69, 9.17) is 25.8 Å². The molecule has 3 aliphatic heterocycles. The second kappa shape index (κ2) is 29.4. The van der Waals surface area contributed by atoms with Gasteiger partial charge < -0.3 is 19.5 Å². The number of carbonyl (C=O) groups excluding carboxylic acids is 2. The Bertz CT molecular complexity index is 1790. The van der Waals surface area contributed by atoms with Gasteiger partial charge in [0.1, 0.15) is 11.9 Å². The second-order valence-corrected chi connectivity index (χ2v) is 30.2. The Morgan fingerprint density at radius 2 is 1.30 bits per heavy atom. The fraction of sp³-hybridized carbons (Fsp3) is 0.415. The van der Waals surface area contributed by atoms with E-state index in [9.17, 15) is 23.2 Å². The van der Waals surface area contributed by atoms with Gasteiger partial charge >= 0.3 is 62.1 Å². The molecular weight excluding hydrogens is 1480 g/mol. The number of esters is 1. The summed E-state index contributed by atoms with van der Waals surface area (Å²) in [5, 5.41) is 2.56. The van der Waals surface area contributed by atoms with E-state index in [0.717, 1.165) is 4.57 Å². The fourth-order valence-corrected chi connectivity index (χ4v) is 6.89. The summed E-state index contributed by atoms with van der Waals surface area (Å²) in [6, 6.07) is 9.98. The number of nitrogens with one attached hydrogen (secondary N) is 1. The first-order valence-electron chi connectivity index (χ1n) is 17.8. The molecule has 1 aromatic heterocycles. The standard InChI is InChI=1S/C21H22FN3O3.C10H14ClFO.C10H13FO2.I3.I2.HI/c1-4-9-16-15(5-2)21(3,22)19(28-16)25-13-12-17(24-20(25)27)23-18(26)14-10-7-6-8-11-14;1-4-6-8-7(5-2)10(3,12)9(11)13-8;1-4-6-8-7(5-2)10(3,11)9(12)13-8;1-3-2;1-2;/h4-8,10-13,15-16,19H,1-2,9H2,3H3,(H,23,24,26,27);4-5,7-9H,1-2,6H2,3H3;4-5,7-8H,1-2,6H2,3H3;;;1H/q;;;-1;;/t15-,16-,19-,21-;7-,8-,9?,10-;7-,8-,10-;;;/m111.../s1. The van der Waals surface area contributed by atoms with Crippen molar-refractivity contribution in [3.05, 3.63) is 135 Å². The SMILES string of the molecule is C=CC[C@H]1OC(=O)[C@](C)(F)[C@@H]1C=C.C=CC[C@H]1OC(Cl)[C@](C)(F)[C@@H]1C=C.C=CC[C@H]1O[C@@H](n2ccc(NC(=O)c3ccccc3)nc2=O)[C@](C)(F)[C@@H]1C=C.I.II.I[I-]I. The Kier molecular flexibility index (Phi) is 29.3. The van der Waals surface area contributed by atoms with E-state index >= 15 is 4.39 Å². The van der Waals surface area contributed by atoms with Gasteiger partial charge in [-0.1, -0.05) is 66.3 Å². The topological polar surface area (TPSA) is 109 Å². The van der Waals surface area contributed by atoms with Crippen LogP contribution in [0.4, 0.5) is 19.0 Å². The number of amides is 1. The molecule has 336 valence electrons. The number of alkyl halides is 4. The third-order valence-corrected chi connectivity index (χ3v) is 10.2. The second-order valence-electron chi connectivity index (χ2n) is 13.6. The maximum absolute atomic E-state index is 15.4. The van der Waals surface area contributed by atoms with E-state index in [2.05, 4.69) is 124 Å². The summed E-state index contributed by atoms with van der Waals surface area (Å²) in [5.74, 6) is -2.64. The summed E-state index contributed by atoms with van der Waals surface area (Å²) in [6.07, 6.45) is 10.0. The van der Waals surface area contributed by atoms with Crippen molar-refractivity contribution in [2.45, 2.75) is 87.1 Å². The molecule has 60 heavy (non-hydrogen) atoms. The molecule has 0 bridgehead atoms. The van der Waals surface area contributed by atoms with Gasteiger partial charge in [0.15, 0.2) is 23.1 Å². The molecular formula is C41H50ClF3I6N3O6-. The Morgan fingerprint density at radius 1 is 0.833 bits per heavy atom. The predicted molar refractivity (Wildman–Crippen MR) is 277 cm³/mol. The number of benzene rings is 1. The molecule has 2 aromatic rings. The third kappa shape index (κ3) is 16.1. The van der Waals surface area contributed by atoms with E-state index in [1.54, 1.807) is 54.6 Å². The fourth-order valence-electron chi connectivity index (χ4n) is 6.61. The molecule has 3 fully saturated rings. The quantitative estimate of drug-likeness (QED) is 0.0977. The molecule has 0 radical (unpaired) electrons. The zero-order chi connectivity index (χ0) is 45.1.